The monoisotopic (exact) mass is 446 g/mol. The van der Waals surface area contributed by atoms with Gasteiger partial charge in [0.1, 0.15) is 11.5 Å². The van der Waals surface area contributed by atoms with Crippen molar-refractivity contribution in [2.24, 2.45) is 0 Å². The minimum Gasteiger partial charge on any atom is -0.496 e. The molecule has 1 saturated carbocycles. The molecule has 0 saturated heterocycles. The number of nitrogens with one attached hydrogen (secondary N) is 2. The Morgan fingerprint density at radius 2 is 1.74 bits per heavy atom. The van der Waals surface area contributed by atoms with Gasteiger partial charge in [-0.25, -0.2) is 13.1 Å². The van der Waals surface area contributed by atoms with Gasteiger partial charge in [-0.05, 0) is 50.1 Å². The molecule has 0 aromatic heterocycles. The first kappa shape index (κ1) is 23.1. The van der Waals surface area contributed by atoms with E-state index in [2.05, 4.69) is 10.0 Å². The van der Waals surface area contributed by atoms with Gasteiger partial charge in [0, 0.05) is 18.2 Å². The van der Waals surface area contributed by atoms with Gasteiger partial charge in [0.2, 0.25) is 10.0 Å². The fraction of sp³-hybridized carbons (Fsp3) is 0.435. The number of hydrogen-bond donors (Lipinski definition) is 2. The molecule has 0 radical (unpaired) electrons. The number of methoxy groups -OCH3 is 1. The van der Waals surface area contributed by atoms with E-state index >= 15 is 0 Å². The largest absolute Gasteiger partial charge is 0.496 e. The van der Waals surface area contributed by atoms with Gasteiger partial charge in [-0.1, -0.05) is 37.5 Å². The van der Waals surface area contributed by atoms with E-state index in [4.69, 9.17) is 9.47 Å². The van der Waals surface area contributed by atoms with Crippen LogP contribution in [0.5, 0.6) is 11.5 Å². The van der Waals surface area contributed by atoms with Crippen LogP contribution >= 0.6 is 0 Å². The van der Waals surface area contributed by atoms with Gasteiger partial charge in [0.15, 0.2) is 6.10 Å². The van der Waals surface area contributed by atoms with Crippen LogP contribution in [0.15, 0.2) is 53.4 Å². The lowest BCUT2D eigenvalue weighted by molar-refractivity contribution is -0.128. The van der Waals surface area contributed by atoms with Crippen LogP contribution in [-0.4, -0.2) is 33.6 Å². The first-order valence-corrected chi connectivity index (χ1v) is 12.1. The Kier molecular flexibility index (Phi) is 7.92. The number of carbonyl (C=O) groups excluding carboxylic acids is 1. The molecule has 1 amide bonds. The van der Waals surface area contributed by atoms with Crippen molar-refractivity contribution in [3.8, 4) is 11.5 Å². The van der Waals surface area contributed by atoms with E-state index in [0.29, 0.717) is 11.5 Å². The molecule has 0 bridgehead atoms. The lowest BCUT2D eigenvalue weighted by Crippen LogP contribution is -2.43. The quantitative estimate of drug-likeness (QED) is 0.616. The summed E-state index contributed by atoms with van der Waals surface area (Å²) in [6.45, 7) is 1.81. The van der Waals surface area contributed by atoms with Crippen LogP contribution in [0.1, 0.15) is 44.6 Å². The molecular weight excluding hydrogens is 416 g/mol. The summed E-state index contributed by atoms with van der Waals surface area (Å²) in [5, 5.41) is 3.04. The summed E-state index contributed by atoms with van der Waals surface area (Å²) in [6, 6.07) is 13.5. The molecule has 8 heteroatoms. The molecule has 1 fully saturated rings. The number of ether oxygens (including phenoxy) is 2. The van der Waals surface area contributed by atoms with E-state index in [-0.39, 0.29) is 23.4 Å². The highest BCUT2D eigenvalue weighted by Crippen LogP contribution is 2.21. The second-order valence-electron chi connectivity index (χ2n) is 7.71. The van der Waals surface area contributed by atoms with Crippen molar-refractivity contribution in [3.63, 3.8) is 0 Å². The summed E-state index contributed by atoms with van der Waals surface area (Å²) < 4.78 is 38.8. The van der Waals surface area contributed by atoms with Crippen molar-refractivity contribution >= 4 is 15.9 Å². The zero-order chi connectivity index (χ0) is 22.3. The van der Waals surface area contributed by atoms with Crippen molar-refractivity contribution in [2.45, 2.75) is 62.6 Å². The molecule has 2 aromatic carbocycles. The van der Waals surface area contributed by atoms with Gasteiger partial charge in [-0.2, -0.15) is 0 Å². The summed E-state index contributed by atoms with van der Waals surface area (Å²) in [5.74, 6) is 0.909. The van der Waals surface area contributed by atoms with Crippen molar-refractivity contribution in [2.75, 3.05) is 7.11 Å². The first-order chi connectivity index (χ1) is 14.9. The summed E-state index contributed by atoms with van der Waals surface area (Å²) in [5.41, 5.74) is 0.742. The third kappa shape index (κ3) is 6.45. The molecular formula is C23H30N2O5S. The molecule has 0 unspecified atom stereocenters. The number of benzene rings is 2. The fourth-order valence-electron chi connectivity index (χ4n) is 3.63. The van der Waals surface area contributed by atoms with Gasteiger partial charge in [0.25, 0.3) is 5.91 Å². The molecule has 2 aromatic rings. The van der Waals surface area contributed by atoms with Crippen LogP contribution < -0.4 is 19.5 Å². The topological polar surface area (TPSA) is 93.7 Å². The lowest BCUT2D eigenvalue weighted by Gasteiger charge is -2.24. The van der Waals surface area contributed by atoms with Gasteiger partial charge < -0.3 is 14.8 Å². The zero-order valence-electron chi connectivity index (χ0n) is 18.0. The normalized spacial score (nSPS) is 15.8. The van der Waals surface area contributed by atoms with E-state index < -0.39 is 16.1 Å². The van der Waals surface area contributed by atoms with E-state index in [1.807, 2.05) is 12.1 Å². The van der Waals surface area contributed by atoms with Crippen molar-refractivity contribution in [3.05, 3.63) is 54.1 Å². The summed E-state index contributed by atoms with van der Waals surface area (Å²) in [6.07, 6.45) is 4.86. The van der Waals surface area contributed by atoms with Gasteiger partial charge in [-0.15, -0.1) is 0 Å². The SMILES string of the molecule is COc1ccccc1CNS(=O)(=O)c1ccc(O[C@H](C)C(=O)NC2CCCCC2)cc1. The van der Waals surface area contributed by atoms with Crippen LogP contribution in [0.3, 0.4) is 0 Å². The van der Waals surface area contributed by atoms with Gasteiger partial charge in [-0.3, -0.25) is 4.79 Å². The van der Waals surface area contributed by atoms with E-state index in [1.54, 1.807) is 38.3 Å². The average molecular weight is 447 g/mol. The van der Waals surface area contributed by atoms with E-state index in [1.165, 1.54) is 18.6 Å². The summed E-state index contributed by atoms with van der Waals surface area (Å²) in [7, 11) is -2.16. The smallest absolute Gasteiger partial charge is 0.260 e. The summed E-state index contributed by atoms with van der Waals surface area (Å²) in [4.78, 5) is 12.5. The van der Waals surface area contributed by atoms with E-state index in [0.717, 1.165) is 31.2 Å². The first-order valence-electron chi connectivity index (χ1n) is 10.6. The molecule has 2 N–H and O–H groups in total. The minimum atomic E-state index is -3.70. The molecule has 168 valence electrons. The van der Waals surface area contributed by atoms with Crippen LogP contribution in [0.2, 0.25) is 0 Å². The predicted octanol–water partition coefficient (Wildman–Crippen LogP) is 3.39. The average Bonchev–Trinajstić information content (AvgIpc) is 2.79. The van der Waals surface area contributed by atoms with E-state index in [9.17, 15) is 13.2 Å². The zero-order valence-corrected chi connectivity index (χ0v) is 18.8. The number of rotatable bonds is 9. The van der Waals surface area contributed by atoms with Gasteiger partial charge in [0.05, 0.1) is 12.0 Å². The van der Waals surface area contributed by atoms with Crippen molar-refractivity contribution in [1.29, 1.82) is 0 Å². The molecule has 1 aliphatic carbocycles. The maximum Gasteiger partial charge on any atom is 0.260 e. The van der Waals surface area contributed by atoms with Crippen molar-refractivity contribution < 1.29 is 22.7 Å². The standard InChI is InChI=1S/C23H30N2O5S/c1-17(23(26)25-19-9-4-3-5-10-19)30-20-12-14-21(15-13-20)31(27,28)24-16-18-8-6-7-11-22(18)29-2/h6-8,11-15,17,19,24H,3-5,9-10,16H2,1-2H3,(H,25,26)/t17-/m1/s1. The Labute approximate surface area is 184 Å². The number of amides is 1. The molecule has 3 rings (SSSR count). The Morgan fingerprint density at radius 3 is 2.42 bits per heavy atom. The van der Waals surface area contributed by atoms with Crippen LogP contribution in [0.25, 0.3) is 0 Å². The highest BCUT2D eigenvalue weighted by atomic mass is 32.2. The van der Waals surface area contributed by atoms with Crippen molar-refractivity contribution in [1.82, 2.24) is 10.0 Å². The molecule has 0 aliphatic heterocycles. The maximum atomic E-state index is 12.6. The molecule has 31 heavy (non-hydrogen) atoms. The molecule has 0 heterocycles. The number of sulfonamides is 1. The highest BCUT2D eigenvalue weighted by molar-refractivity contribution is 7.89. The third-order valence-corrected chi connectivity index (χ3v) is 6.83. The Balaban J connectivity index is 1.56. The minimum absolute atomic E-state index is 0.114. The summed E-state index contributed by atoms with van der Waals surface area (Å²) >= 11 is 0. The predicted molar refractivity (Wildman–Crippen MR) is 119 cm³/mol. The second kappa shape index (κ2) is 10.6. The van der Waals surface area contributed by atoms with Crippen LogP contribution in [0.4, 0.5) is 0 Å². The highest BCUT2D eigenvalue weighted by Gasteiger charge is 2.21. The molecule has 7 nitrogen and oxygen atoms in total. The van der Waals surface area contributed by atoms with Crippen LogP contribution in [0, 0.1) is 0 Å². The Bertz CT molecular complexity index is 970. The molecule has 1 atom stereocenters. The number of hydrogen-bond acceptors (Lipinski definition) is 5. The lowest BCUT2D eigenvalue weighted by atomic mass is 9.95. The molecule has 1 aliphatic rings. The number of carbonyl (C=O) groups is 1. The van der Waals surface area contributed by atoms with Gasteiger partial charge >= 0.3 is 0 Å². The second-order valence-corrected chi connectivity index (χ2v) is 9.48. The third-order valence-electron chi connectivity index (χ3n) is 5.41. The Morgan fingerprint density at radius 1 is 1.06 bits per heavy atom. The maximum absolute atomic E-state index is 12.6. The Hall–Kier alpha value is -2.58. The molecule has 0 spiro atoms. The number of para-hydroxylation sites is 1. The van der Waals surface area contributed by atoms with Crippen LogP contribution in [-0.2, 0) is 21.4 Å². The fourth-order valence-corrected chi connectivity index (χ4v) is 4.63.